The van der Waals surface area contributed by atoms with Gasteiger partial charge in [-0.1, -0.05) is 48.5 Å². The third-order valence-electron chi connectivity index (χ3n) is 7.35. The number of carbonyl (C=O) groups is 3. The molecule has 5 rings (SSSR count). The van der Waals surface area contributed by atoms with Crippen LogP contribution in [0.25, 0.3) is 11.1 Å². The zero-order valence-corrected chi connectivity index (χ0v) is 23.0. The molecule has 2 amide bonds. The van der Waals surface area contributed by atoms with Crippen molar-refractivity contribution in [1.82, 2.24) is 9.80 Å². The van der Waals surface area contributed by atoms with E-state index in [1.165, 1.54) is 17.2 Å². The molecule has 1 aliphatic carbocycles. The Balaban J connectivity index is 1.37. The van der Waals surface area contributed by atoms with Crippen LogP contribution in [0, 0.1) is 0 Å². The first kappa shape index (κ1) is 27.3. The van der Waals surface area contributed by atoms with Crippen LogP contribution in [0.15, 0.2) is 65.3 Å². The van der Waals surface area contributed by atoms with Crippen molar-refractivity contribution in [3.63, 3.8) is 0 Å². The lowest BCUT2D eigenvalue weighted by atomic mass is 9.98. The third-order valence-corrected chi connectivity index (χ3v) is 7.35. The molecular formula is C31H34N2O7. The first-order chi connectivity index (χ1) is 19.1. The molecule has 1 saturated heterocycles. The van der Waals surface area contributed by atoms with Crippen LogP contribution in [0.3, 0.4) is 0 Å². The molecule has 0 saturated carbocycles. The van der Waals surface area contributed by atoms with E-state index in [0.29, 0.717) is 19.4 Å². The predicted octanol–water partition coefficient (Wildman–Crippen LogP) is 6.13. The summed E-state index contributed by atoms with van der Waals surface area (Å²) in [6.07, 6.45) is 1.52. The quantitative estimate of drug-likeness (QED) is 0.396. The Bertz CT molecular complexity index is 1360. The summed E-state index contributed by atoms with van der Waals surface area (Å²) >= 11 is 0. The number of likely N-dealkylation sites (tertiary alicyclic amines) is 1. The molecule has 9 nitrogen and oxygen atoms in total. The highest BCUT2D eigenvalue weighted by Gasteiger charge is 2.36. The average molecular weight is 547 g/mol. The van der Waals surface area contributed by atoms with Crippen LogP contribution in [0.4, 0.5) is 9.59 Å². The van der Waals surface area contributed by atoms with E-state index in [1.807, 2.05) is 36.4 Å². The Morgan fingerprint density at radius 1 is 1.02 bits per heavy atom. The van der Waals surface area contributed by atoms with Crippen molar-refractivity contribution in [2.75, 3.05) is 19.7 Å². The van der Waals surface area contributed by atoms with Gasteiger partial charge in [-0.15, -0.1) is 0 Å². The van der Waals surface area contributed by atoms with Gasteiger partial charge in [-0.05, 0) is 61.9 Å². The Morgan fingerprint density at radius 2 is 1.68 bits per heavy atom. The van der Waals surface area contributed by atoms with Crippen LogP contribution in [-0.4, -0.2) is 64.4 Å². The van der Waals surface area contributed by atoms with Crippen molar-refractivity contribution in [3.05, 3.63) is 83.3 Å². The number of piperidine rings is 1. The molecular weight excluding hydrogens is 512 g/mol. The van der Waals surface area contributed by atoms with E-state index in [2.05, 4.69) is 12.1 Å². The van der Waals surface area contributed by atoms with Crippen molar-refractivity contribution in [3.8, 4) is 11.1 Å². The van der Waals surface area contributed by atoms with Crippen molar-refractivity contribution < 1.29 is 33.4 Å². The van der Waals surface area contributed by atoms with Crippen molar-refractivity contribution >= 4 is 18.2 Å². The van der Waals surface area contributed by atoms with Gasteiger partial charge in [0, 0.05) is 19.0 Å². The van der Waals surface area contributed by atoms with Crippen LogP contribution in [0.2, 0.25) is 0 Å². The number of amides is 2. The summed E-state index contributed by atoms with van der Waals surface area (Å²) in [6.45, 7) is 6.18. The summed E-state index contributed by atoms with van der Waals surface area (Å²) in [4.78, 5) is 41.4. The summed E-state index contributed by atoms with van der Waals surface area (Å²) in [5.41, 5.74) is 3.76. The number of benzene rings is 2. The second-order valence-corrected chi connectivity index (χ2v) is 11.2. The molecule has 210 valence electrons. The lowest BCUT2D eigenvalue weighted by Crippen LogP contribution is -2.52. The molecule has 1 fully saturated rings. The minimum Gasteiger partial charge on any atom is -0.478 e. The van der Waals surface area contributed by atoms with Crippen molar-refractivity contribution in [1.29, 1.82) is 0 Å². The monoisotopic (exact) mass is 546 g/mol. The maximum absolute atomic E-state index is 13.7. The van der Waals surface area contributed by atoms with Crippen LogP contribution in [-0.2, 0) is 16.0 Å². The second-order valence-electron chi connectivity index (χ2n) is 11.2. The largest absolute Gasteiger partial charge is 0.478 e. The van der Waals surface area contributed by atoms with Gasteiger partial charge in [-0.25, -0.2) is 14.4 Å². The standard InChI is InChI=1S/C31H34N2O7/c1-31(2,3)40-29(36)32-15-8-9-20(17-32)33(18-27-25(28(34)35)14-16-38-27)30(37)39-19-26-23-12-6-4-10-21(23)22-11-5-7-13-24(22)26/h4-7,10-14,16,20,26H,8-9,15,17-19H2,1-3H3,(H,34,35)/t20-/m0/s1. The number of rotatable bonds is 6. The minimum atomic E-state index is -1.14. The first-order valence-corrected chi connectivity index (χ1v) is 13.5. The van der Waals surface area contributed by atoms with E-state index in [1.54, 1.807) is 25.7 Å². The normalized spacial score (nSPS) is 16.7. The van der Waals surface area contributed by atoms with E-state index >= 15 is 0 Å². The zero-order valence-electron chi connectivity index (χ0n) is 23.0. The number of ether oxygens (including phenoxy) is 2. The number of aromatic carboxylic acids is 1. The summed E-state index contributed by atoms with van der Waals surface area (Å²) in [6, 6.07) is 17.1. The van der Waals surface area contributed by atoms with E-state index in [0.717, 1.165) is 22.3 Å². The number of carbonyl (C=O) groups excluding carboxylic acids is 2. The number of nitrogens with zero attached hydrogens (tertiary/aromatic N) is 2. The molecule has 2 aliphatic rings. The van der Waals surface area contributed by atoms with Crippen molar-refractivity contribution in [2.24, 2.45) is 0 Å². The van der Waals surface area contributed by atoms with Gasteiger partial charge in [-0.3, -0.25) is 4.90 Å². The van der Waals surface area contributed by atoms with Gasteiger partial charge in [0.2, 0.25) is 0 Å². The fraction of sp³-hybridized carbons (Fsp3) is 0.387. The number of hydrogen-bond donors (Lipinski definition) is 1. The van der Waals surface area contributed by atoms with E-state index in [4.69, 9.17) is 13.9 Å². The van der Waals surface area contributed by atoms with Crippen LogP contribution < -0.4 is 0 Å². The van der Waals surface area contributed by atoms with E-state index in [9.17, 15) is 19.5 Å². The Hall–Kier alpha value is -4.27. The summed E-state index contributed by atoms with van der Waals surface area (Å²) in [5, 5.41) is 9.61. The van der Waals surface area contributed by atoms with Crippen LogP contribution in [0.5, 0.6) is 0 Å². The molecule has 1 atom stereocenters. The molecule has 1 N–H and O–H groups in total. The maximum Gasteiger partial charge on any atom is 0.410 e. The number of furan rings is 1. The molecule has 2 heterocycles. The fourth-order valence-electron chi connectivity index (χ4n) is 5.53. The molecule has 0 bridgehead atoms. The summed E-state index contributed by atoms with van der Waals surface area (Å²) in [7, 11) is 0. The number of hydrogen-bond acceptors (Lipinski definition) is 6. The Morgan fingerprint density at radius 3 is 2.30 bits per heavy atom. The second kappa shape index (κ2) is 11.1. The van der Waals surface area contributed by atoms with E-state index < -0.39 is 29.8 Å². The topological polar surface area (TPSA) is 110 Å². The van der Waals surface area contributed by atoms with Gasteiger partial charge < -0.3 is 23.9 Å². The van der Waals surface area contributed by atoms with Gasteiger partial charge in [0.25, 0.3) is 0 Å². The van der Waals surface area contributed by atoms with E-state index in [-0.39, 0.29) is 36.9 Å². The highest BCUT2D eigenvalue weighted by molar-refractivity contribution is 5.88. The molecule has 0 spiro atoms. The molecule has 0 unspecified atom stereocenters. The smallest absolute Gasteiger partial charge is 0.410 e. The Kier molecular flexibility index (Phi) is 7.56. The highest BCUT2D eigenvalue weighted by Crippen LogP contribution is 2.44. The number of fused-ring (bicyclic) bond motifs is 3. The highest BCUT2D eigenvalue weighted by atomic mass is 16.6. The SMILES string of the molecule is CC(C)(C)OC(=O)N1CCC[C@H](N(Cc2occc2C(=O)O)C(=O)OCC2c3ccccc3-c3ccccc32)C1. The molecule has 1 aromatic heterocycles. The lowest BCUT2D eigenvalue weighted by molar-refractivity contribution is 0.00734. The molecule has 1 aliphatic heterocycles. The fourth-order valence-corrected chi connectivity index (χ4v) is 5.53. The molecule has 0 radical (unpaired) electrons. The first-order valence-electron chi connectivity index (χ1n) is 13.5. The lowest BCUT2D eigenvalue weighted by Gasteiger charge is -2.39. The molecule has 3 aromatic rings. The van der Waals surface area contributed by atoms with Crippen LogP contribution >= 0.6 is 0 Å². The van der Waals surface area contributed by atoms with Crippen molar-refractivity contribution in [2.45, 2.75) is 57.7 Å². The Labute approximate surface area is 233 Å². The van der Waals surface area contributed by atoms with Gasteiger partial charge in [-0.2, -0.15) is 0 Å². The average Bonchev–Trinajstić information content (AvgIpc) is 3.52. The molecule has 9 heteroatoms. The third kappa shape index (κ3) is 5.68. The number of carboxylic acid groups (broad SMARTS) is 1. The predicted molar refractivity (Wildman–Crippen MR) is 147 cm³/mol. The summed E-state index contributed by atoms with van der Waals surface area (Å²) in [5.74, 6) is -1.12. The van der Waals surface area contributed by atoms with Gasteiger partial charge in [0.15, 0.2) is 0 Å². The summed E-state index contributed by atoms with van der Waals surface area (Å²) < 4.78 is 17.0. The zero-order chi connectivity index (χ0) is 28.4. The van der Waals surface area contributed by atoms with Gasteiger partial charge in [0.05, 0.1) is 18.8 Å². The molecule has 40 heavy (non-hydrogen) atoms. The minimum absolute atomic E-state index is 0.0174. The van der Waals surface area contributed by atoms with Gasteiger partial charge >= 0.3 is 18.2 Å². The molecule has 2 aromatic carbocycles. The van der Waals surface area contributed by atoms with Crippen LogP contribution in [0.1, 0.15) is 66.8 Å². The van der Waals surface area contributed by atoms with Gasteiger partial charge in [0.1, 0.15) is 23.5 Å². The maximum atomic E-state index is 13.7. The number of carboxylic acids is 1.